The van der Waals surface area contributed by atoms with E-state index in [9.17, 15) is 4.79 Å². The maximum absolute atomic E-state index is 12.4. The van der Waals surface area contributed by atoms with Gasteiger partial charge in [0.25, 0.3) is 5.91 Å². The van der Waals surface area contributed by atoms with Crippen LogP contribution >= 0.6 is 28.1 Å². The fourth-order valence-electron chi connectivity index (χ4n) is 2.63. The molecule has 0 unspecified atom stereocenters. The molecule has 3 aromatic rings. The summed E-state index contributed by atoms with van der Waals surface area (Å²) >= 11 is 8.62. The Balaban J connectivity index is 1.53. The van der Waals surface area contributed by atoms with Crippen molar-refractivity contribution in [2.24, 2.45) is 0 Å². The van der Waals surface area contributed by atoms with Crippen LogP contribution in [0.25, 0.3) is 11.0 Å². The highest BCUT2D eigenvalue weighted by Gasteiger charge is 2.14. The van der Waals surface area contributed by atoms with Crippen LogP contribution < -0.4 is 15.4 Å². The second kappa shape index (κ2) is 9.71. The molecule has 0 aliphatic heterocycles. The molecule has 0 saturated carbocycles. The highest BCUT2D eigenvalue weighted by atomic mass is 79.9. The lowest BCUT2D eigenvalue weighted by Gasteiger charge is -2.10. The second-order valence-corrected chi connectivity index (χ2v) is 7.60. The van der Waals surface area contributed by atoms with E-state index in [4.69, 9.17) is 21.4 Å². The summed E-state index contributed by atoms with van der Waals surface area (Å²) in [6.45, 7) is 2.87. The van der Waals surface area contributed by atoms with Gasteiger partial charge in [-0.2, -0.15) is 0 Å². The number of halogens is 1. The van der Waals surface area contributed by atoms with Gasteiger partial charge in [-0.1, -0.05) is 35.7 Å². The van der Waals surface area contributed by atoms with E-state index in [-0.39, 0.29) is 10.9 Å². The van der Waals surface area contributed by atoms with E-state index in [0.29, 0.717) is 12.2 Å². The van der Waals surface area contributed by atoms with Gasteiger partial charge in [0, 0.05) is 15.5 Å². The van der Waals surface area contributed by atoms with E-state index in [1.165, 1.54) is 6.42 Å². The van der Waals surface area contributed by atoms with Gasteiger partial charge in [0.15, 0.2) is 10.9 Å². The third-order valence-electron chi connectivity index (χ3n) is 4.06. The van der Waals surface area contributed by atoms with Crippen molar-refractivity contribution < 1.29 is 13.9 Å². The van der Waals surface area contributed by atoms with Crippen molar-refractivity contribution in [3.05, 3.63) is 58.8 Å². The molecule has 28 heavy (non-hydrogen) atoms. The Morgan fingerprint density at radius 3 is 2.68 bits per heavy atom. The molecule has 2 aromatic carbocycles. The van der Waals surface area contributed by atoms with E-state index >= 15 is 0 Å². The number of thiocarbonyl (C=S) groups is 1. The van der Waals surface area contributed by atoms with Gasteiger partial charge in [-0.25, -0.2) is 0 Å². The SMILES string of the molecule is CCCCCOc1ccc(NC(=S)NC(=O)c2cc3cc(Br)ccc3o2)cc1. The molecule has 0 fully saturated rings. The van der Waals surface area contributed by atoms with Crippen molar-refractivity contribution in [1.82, 2.24) is 5.32 Å². The fraction of sp³-hybridized carbons (Fsp3) is 0.238. The highest BCUT2D eigenvalue weighted by Crippen LogP contribution is 2.23. The van der Waals surface area contributed by atoms with Gasteiger partial charge in [0.1, 0.15) is 11.3 Å². The zero-order valence-corrected chi connectivity index (χ0v) is 17.9. The van der Waals surface area contributed by atoms with Crippen LogP contribution in [0.1, 0.15) is 36.7 Å². The summed E-state index contributed by atoms with van der Waals surface area (Å²) in [5.74, 6) is 0.610. The van der Waals surface area contributed by atoms with E-state index in [0.717, 1.165) is 34.1 Å². The second-order valence-electron chi connectivity index (χ2n) is 6.28. The van der Waals surface area contributed by atoms with Crippen molar-refractivity contribution in [3.8, 4) is 5.75 Å². The smallest absolute Gasteiger partial charge is 0.293 e. The number of rotatable bonds is 7. The first-order chi connectivity index (χ1) is 13.5. The van der Waals surface area contributed by atoms with Crippen LogP contribution in [-0.4, -0.2) is 17.6 Å². The maximum atomic E-state index is 12.4. The zero-order valence-electron chi connectivity index (χ0n) is 15.5. The minimum absolute atomic E-state index is 0.197. The lowest BCUT2D eigenvalue weighted by molar-refractivity contribution is 0.0953. The molecule has 2 N–H and O–H groups in total. The van der Waals surface area contributed by atoms with Gasteiger partial charge in [0.2, 0.25) is 0 Å². The first kappa shape index (κ1) is 20.4. The molecule has 0 saturated heterocycles. The maximum Gasteiger partial charge on any atom is 0.293 e. The average Bonchev–Trinajstić information content (AvgIpc) is 3.10. The van der Waals surface area contributed by atoms with Gasteiger partial charge >= 0.3 is 0 Å². The molecule has 0 aliphatic rings. The molecule has 1 amide bonds. The molecule has 5 nitrogen and oxygen atoms in total. The van der Waals surface area contributed by atoms with Crippen LogP contribution in [-0.2, 0) is 0 Å². The summed E-state index contributed by atoms with van der Waals surface area (Å²) in [5.41, 5.74) is 1.40. The topological polar surface area (TPSA) is 63.5 Å². The van der Waals surface area contributed by atoms with Crippen molar-refractivity contribution in [2.45, 2.75) is 26.2 Å². The molecule has 0 radical (unpaired) electrons. The zero-order chi connectivity index (χ0) is 19.9. The number of anilines is 1. The number of benzene rings is 2. The van der Waals surface area contributed by atoms with Gasteiger partial charge in [-0.15, -0.1) is 0 Å². The van der Waals surface area contributed by atoms with E-state index in [1.54, 1.807) is 12.1 Å². The van der Waals surface area contributed by atoms with Crippen LogP contribution in [0, 0.1) is 0 Å². The van der Waals surface area contributed by atoms with Crippen LogP contribution in [0.3, 0.4) is 0 Å². The summed E-state index contributed by atoms with van der Waals surface area (Å²) in [6.07, 6.45) is 3.38. The van der Waals surface area contributed by atoms with E-state index in [2.05, 4.69) is 33.5 Å². The molecule has 1 heterocycles. The Bertz CT molecular complexity index is 969. The van der Waals surface area contributed by atoms with Crippen LogP contribution in [0.5, 0.6) is 5.75 Å². The molecule has 146 valence electrons. The lowest BCUT2D eigenvalue weighted by Crippen LogP contribution is -2.33. The standard InChI is InChI=1S/C21H21BrN2O3S/c1-2-3-4-11-26-17-8-6-16(7-9-17)23-21(28)24-20(25)19-13-14-12-15(22)5-10-18(14)27-19/h5-10,12-13H,2-4,11H2,1H3,(H2,23,24,25,28). The Hall–Kier alpha value is -2.38. The minimum atomic E-state index is -0.402. The van der Waals surface area contributed by atoms with Crippen LogP contribution in [0.15, 0.2) is 57.4 Å². The quantitative estimate of drug-likeness (QED) is 0.339. The predicted octanol–water partition coefficient (Wildman–Crippen LogP) is 5.89. The number of carbonyl (C=O) groups is 1. The van der Waals surface area contributed by atoms with Gasteiger partial charge in [0.05, 0.1) is 6.61 Å². The van der Waals surface area contributed by atoms with E-state index in [1.807, 2.05) is 36.4 Å². The van der Waals surface area contributed by atoms with Gasteiger partial charge < -0.3 is 14.5 Å². The molecule has 1 aromatic heterocycles. The largest absolute Gasteiger partial charge is 0.494 e. The molecule has 7 heteroatoms. The Morgan fingerprint density at radius 1 is 1.14 bits per heavy atom. The molecule has 0 spiro atoms. The highest BCUT2D eigenvalue weighted by molar-refractivity contribution is 9.10. The van der Waals surface area contributed by atoms with Gasteiger partial charge in [-0.05, 0) is 67.2 Å². The van der Waals surface area contributed by atoms with Crippen molar-refractivity contribution in [3.63, 3.8) is 0 Å². The number of ether oxygens (including phenoxy) is 1. The third kappa shape index (κ3) is 5.56. The van der Waals surface area contributed by atoms with Crippen LogP contribution in [0.4, 0.5) is 5.69 Å². The average molecular weight is 461 g/mol. The van der Waals surface area contributed by atoms with Gasteiger partial charge in [-0.3, -0.25) is 10.1 Å². The fourth-order valence-corrected chi connectivity index (χ4v) is 3.22. The molecule has 0 atom stereocenters. The third-order valence-corrected chi connectivity index (χ3v) is 4.76. The number of nitrogens with one attached hydrogen (secondary N) is 2. The minimum Gasteiger partial charge on any atom is -0.494 e. The number of amides is 1. The summed E-state index contributed by atoms with van der Waals surface area (Å²) in [7, 11) is 0. The summed E-state index contributed by atoms with van der Waals surface area (Å²) in [5, 5.41) is 6.65. The number of hydrogen-bond acceptors (Lipinski definition) is 4. The predicted molar refractivity (Wildman–Crippen MR) is 119 cm³/mol. The number of furan rings is 1. The molecular formula is C21H21BrN2O3S. The van der Waals surface area contributed by atoms with Crippen molar-refractivity contribution >= 4 is 55.8 Å². The molecule has 0 bridgehead atoms. The normalized spacial score (nSPS) is 10.6. The van der Waals surface area contributed by atoms with Crippen molar-refractivity contribution in [1.29, 1.82) is 0 Å². The Kier molecular flexibility index (Phi) is 7.06. The summed E-state index contributed by atoms with van der Waals surface area (Å²) < 4.78 is 12.2. The van der Waals surface area contributed by atoms with E-state index < -0.39 is 5.91 Å². The van der Waals surface area contributed by atoms with Crippen molar-refractivity contribution in [2.75, 3.05) is 11.9 Å². The number of hydrogen-bond donors (Lipinski definition) is 2. The first-order valence-electron chi connectivity index (χ1n) is 9.09. The number of fused-ring (bicyclic) bond motifs is 1. The first-order valence-corrected chi connectivity index (χ1v) is 10.3. The molecular weight excluding hydrogens is 440 g/mol. The number of carbonyl (C=O) groups excluding carboxylic acids is 1. The molecule has 0 aliphatic carbocycles. The monoisotopic (exact) mass is 460 g/mol. The summed E-state index contributed by atoms with van der Waals surface area (Å²) in [6, 6.07) is 14.7. The Labute approximate surface area is 177 Å². The summed E-state index contributed by atoms with van der Waals surface area (Å²) in [4.78, 5) is 12.4. The molecule has 3 rings (SSSR count). The number of unbranched alkanes of at least 4 members (excludes halogenated alkanes) is 2. The lowest BCUT2D eigenvalue weighted by atomic mass is 10.2. The van der Waals surface area contributed by atoms with Crippen LogP contribution in [0.2, 0.25) is 0 Å². The Morgan fingerprint density at radius 2 is 1.93 bits per heavy atom.